The number of hydrogen-bond acceptors (Lipinski definition) is 4. The quantitative estimate of drug-likeness (QED) is 0.369. The van der Waals surface area contributed by atoms with Crippen molar-refractivity contribution >= 4 is 39.1 Å². The number of hydrogen-bond donors (Lipinski definition) is 1. The van der Waals surface area contributed by atoms with E-state index in [1.807, 2.05) is 58.9 Å². The number of benzene rings is 3. The Morgan fingerprint density at radius 3 is 1.97 bits per heavy atom. The summed E-state index contributed by atoms with van der Waals surface area (Å²) >= 11 is 6.44. The molecule has 1 atom stereocenters. The second-order valence-electron chi connectivity index (χ2n) is 10.7. The molecule has 0 saturated heterocycles. The van der Waals surface area contributed by atoms with Crippen LogP contribution in [-0.4, -0.2) is 43.3 Å². The van der Waals surface area contributed by atoms with Crippen molar-refractivity contribution in [2.45, 2.75) is 64.6 Å². The number of carbonyl (C=O) groups excluding carboxylic acids is 2. The topological polar surface area (TPSA) is 86.8 Å². The normalized spacial score (nSPS) is 12.5. The molecule has 0 aliphatic carbocycles. The summed E-state index contributed by atoms with van der Waals surface area (Å²) in [6.07, 6.45) is 0. The summed E-state index contributed by atoms with van der Waals surface area (Å²) in [5, 5.41) is 3.10. The molecule has 1 N–H and O–H groups in total. The zero-order valence-corrected chi connectivity index (χ0v) is 24.8. The monoisotopic (exact) mass is 569 g/mol. The number of aryl methyl sites for hydroxylation is 2. The molecular formula is C30H36ClN3O4S. The maximum Gasteiger partial charge on any atom is 0.264 e. The van der Waals surface area contributed by atoms with Gasteiger partial charge in [-0.15, -0.1) is 0 Å². The van der Waals surface area contributed by atoms with Crippen molar-refractivity contribution in [2.75, 3.05) is 10.8 Å². The zero-order valence-electron chi connectivity index (χ0n) is 23.2. The minimum atomic E-state index is -4.17. The lowest BCUT2D eigenvalue weighted by molar-refractivity contribution is -0.140. The summed E-state index contributed by atoms with van der Waals surface area (Å²) in [4.78, 5) is 28.5. The molecule has 9 heteroatoms. The van der Waals surface area contributed by atoms with Crippen LogP contribution >= 0.6 is 11.6 Å². The van der Waals surface area contributed by atoms with E-state index in [-0.39, 0.29) is 28.1 Å². The fourth-order valence-electron chi connectivity index (χ4n) is 3.95. The number of sulfonamides is 1. The molecule has 0 aliphatic rings. The van der Waals surface area contributed by atoms with Gasteiger partial charge in [-0.25, -0.2) is 8.42 Å². The molecule has 0 radical (unpaired) electrons. The molecule has 0 unspecified atom stereocenters. The first-order valence-electron chi connectivity index (χ1n) is 12.7. The van der Waals surface area contributed by atoms with Crippen LogP contribution in [0.3, 0.4) is 0 Å². The fraction of sp³-hybridized carbons (Fsp3) is 0.333. The molecule has 7 nitrogen and oxygen atoms in total. The molecule has 0 saturated carbocycles. The highest BCUT2D eigenvalue weighted by molar-refractivity contribution is 7.92. The molecule has 3 aromatic rings. The van der Waals surface area contributed by atoms with Crippen molar-refractivity contribution in [3.8, 4) is 0 Å². The van der Waals surface area contributed by atoms with Crippen LogP contribution in [0.1, 0.15) is 44.4 Å². The van der Waals surface area contributed by atoms with E-state index in [1.165, 1.54) is 17.0 Å². The number of nitrogens with one attached hydrogen (secondary N) is 1. The molecule has 208 valence electrons. The number of nitrogens with zero attached hydrogens (tertiary/aromatic N) is 2. The van der Waals surface area contributed by atoms with Crippen LogP contribution in [0.5, 0.6) is 0 Å². The molecule has 0 aromatic heterocycles. The third-order valence-electron chi connectivity index (χ3n) is 6.15. The summed E-state index contributed by atoms with van der Waals surface area (Å²) in [6.45, 7) is 10.6. The van der Waals surface area contributed by atoms with E-state index in [0.717, 1.165) is 21.0 Å². The Bertz CT molecular complexity index is 1420. The van der Waals surface area contributed by atoms with Gasteiger partial charge >= 0.3 is 0 Å². The first kappa shape index (κ1) is 30.2. The standard InChI is InChI=1S/C30H36ClN3O4S/c1-21-11-15-24(16-12-21)19-33(23(3)29(36)32-30(4,5)6)28(35)20-34(27-10-8-7-9-26(27)31)39(37,38)25-17-13-22(2)14-18-25/h7-18,23H,19-20H2,1-6H3,(H,32,36)/t23-/m0/s1. The van der Waals surface area contributed by atoms with Gasteiger partial charge in [0.2, 0.25) is 11.8 Å². The molecule has 2 amide bonds. The predicted octanol–water partition coefficient (Wildman–Crippen LogP) is 5.48. The molecule has 3 aromatic carbocycles. The predicted molar refractivity (Wildman–Crippen MR) is 156 cm³/mol. The highest BCUT2D eigenvalue weighted by Gasteiger charge is 2.34. The summed E-state index contributed by atoms with van der Waals surface area (Å²) in [7, 11) is -4.17. The van der Waals surface area contributed by atoms with Gasteiger partial charge in [-0.3, -0.25) is 13.9 Å². The van der Waals surface area contributed by atoms with Gasteiger partial charge in [0.15, 0.2) is 0 Å². The van der Waals surface area contributed by atoms with Crippen LogP contribution < -0.4 is 9.62 Å². The molecule has 0 aliphatic heterocycles. The van der Waals surface area contributed by atoms with Gasteiger partial charge in [-0.2, -0.15) is 0 Å². The Morgan fingerprint density at radius 2 is 1.44 bits per heavy atom. The van der Waals surface area contributed by atoms with E-state index in [0.29, 0.717) is 0 Å². The number of para-hydroxylation sites is 1. The van der Waals surface area contributed by atoms with Crippen LogP contribution in [0, 0.1) is 13.8 Å². The Labute approximate surface area is 236 Å². The number of rotatable bonds is 9. The number of carbonyl (C=O) groups is 2. The van der Waals surface area contributed by atoms with Crippen molar-refractivity contribution < 1.29 is 18.0 Å². The lowest BCUT2D eigenvalue weighted by Crippen LogP contribution is -2.54. The second kappa shape index (κ2) is 12.2. The average molecular weight is 570 g/mol. The third kappa shape index (κ3) is 7.83. The van der Waals surface area contributed by atoms with Gasteiger partial charge in [-0.1, -0.05) is 71.3 Å². The van der Waals surface area contributed by atoms with E-state index in [4.69, 9.17) is 11.6 Å². The first-order valence-corrected chi connectivity index (χ1v) is 14.5. The SMILES string of the molecule is Cc1ccc(CN(C(=O)CN(c2ccccc2Cl)S(=O)(=O)c2ccc(C)cc2)[C@@H](C)C(=O)NC(C)(C)C)cc1. The summed E-state index contributed by atoms with van der Waals surface area (Å²) in [6, 6.07) is 19.6. The van der Waals surface area contributed by atoms with Gasteiger partial charge in [0.1, 0.15) is 12.6 Å². The van der Waals surface area contributed by atoms with Crippen molar-refractivity contribution in [1.29, 1.82) is 0 Å². The van der Waals surface area contributed by atoms with Crippen molar-refractivity contribution in [3.63, 3.8) is 0 Å². The smallest absolute Gasteiger partial charge is 0.264 e. The van der Waals surface area contributed by atoms with Gasteiger partial charge in [0.05, 0.1) is 15.6 Å². The average Bonchev–Trinajstić information content (AvgIpc) is 2.86. The maximum absolute atomic E-state index is 13.9. The van der Waals surface area contributed by atoms with Gasteiger partial charge < -0.3 is 10.2 Å². The highest BCUT2D eigenvalue weighted by atomic mass is 35.5. The third-order valence-corrected chi connectivity index (χ3v) is 8.24. The van der Waals surface area contributed by atoms with Gasteiger partial charge in [0, 0.05) is 12.1 Å². The van der Waals surface area contributed by atoms with Gasteiger partial charge in [0.25, 0.3) is 10.0 Å². The molecule has 0 spiro atoms. The molecule has 0 heterocycles. The van der Waals surface area contributed by atoms with Crippen LogP contribution in [0.4, 0.5) is 5.69 Å². The Balaban J connectivity index is 2.04. The number of anilines is 1. The minimum absolute atomic E-state index is 0.0319. The Morgan fingerprint density at radius 1 is 0.897 bits per heavy atom. The molecule has 3 rings (SSSR count). The number of amides is 2. The molecule has 39 heavy (non-hydrogen) atoms. The Hall–Kier alpha value is -3.36. The molecule has 0 bridgehead atoms. The highest BCUT2D eigenvalue weighted by Crippen LogP contribution is 2.31. The Kier molecular flexibility index (Phi) is 9.46. The van der Waals surface area contributed by atoms with Crippen molar-refractivity contribution in [1.82, 2.24) is 10.2 Å². The molecule has 0 fully saturated rings. The van der Waals surface area contributed by atoms with E-state index in [2.05, 4.69) is 5.32 Å². The summed E-state index contributed by atoms with van der Waals surface area (Å²) in [5.74, 6) is -0.878. The largest absolute Gasteiger partial charge is 0.350 e. The van der Waals surface area contributed by atoms with E-state index >= 15 is 0 Å². The second-order valence-corrected chi connectivity index (χ2v) is 13.0. The minimum Gasteiger partial charge on any atom is -0.350 e. The van der Waals surface area contributed by atoms with Gasteiger partial charge in [-0.05, 0) is 71.4 Å². The molecular weight excluding hydrogens is 534 g/mol. The van der Waals surface area contributed by atoms with Crippen molar-refractivity contribution in [2.24, 2.45) is 0 Å². The van der Waals surface area contributed by atoms with Crippen LogP contribution in [0.25, 0.3) is 0 Å². The van der Waals surface area contributed by atoms with E-state index in [9.17, 15) is 18.0 Å². The van der Waals surface area contributed by atoms with Crippen molar-refractivity contribution in [3.05, 3.63) is 94.5 Å². The van der Waals surface area contributed by atoms with Crippen LogP contribution in [-0.2, 0) is 26.2 Å². The zero-order chi connectivity index (χ0) is 29.0. The maximum atomic E-state index is 13.9. The fourth-order valence-corrected chi connectivity index (χ4v) is 5.67. The number of halogens is 1. The lowest BCUT2D eigenvalue weighted by Gasteiger charge is -2.33. The van der Waals surface area contributed by atoms with Crippen LogP contribution in [0.2, 0.25) is 5.02 Å². The lowest BCUT2D eigenvalue weighted by atomic mass is 10.1. The van der Waals surface area contributed by atoms with Crippen LogP contribution in [0.15, 0.2) is 77.7 Å². The first-order chi connectivity index (χ1) is 18.2. The van der Waals surface area contributed by atoms with E-state index < -0.39 is 34.1 Å². The summed E-state index contributed by atoms with van der Waals surface area (Å²) in [5.41, 5.74) is 2.44. The summed E-state index contributed by atoms with van der Waals surface area (Å²) < 4.78 is 28.7. The van der Waals surface area contributed by atoms with E-state index in [1.54, 1.807) is 43.3 Å².